The number of aromatic nitrogens is 3. The highest BCUT2D eigenvalue weighted by atomic mass is 19.1. The van der Waals surface area contributed by atoms with Crippen molar-refractivity contribution < 1.29 is 9.18 Å². The maximum Gasteiger partial charge on any atom is 0.282 e. The SMILES string of the molecule is CC(C)=C(F)C(=O)N1CCCC(Cc2nnc3ccccn23)C1. The van der Waals surface area contributed by atoms with Gasteiger partial charge in [-0.15, -0.1) is 10.2 Å². The summed E-state index contributed by atoms with van der Waals surface area (Å²) in [5.74, 6) is 0.0623. The highest BCUT2D eigenvalue weighted by Crippen LogP contribution is 2.22. The van der Waals surface area contributed by atoms with E-state index >= 15 is 0 Å². The number of hydrogen-bond acceptors (Lipinski definition) is 3. The van der Waals surface area contributed by atoms with Crippen molar-refractivity contribution in [2.75, 3.05) is 13.1 Å². The first-order chi connectivity index (χ1) is 11.1. The molecule has 0 radical (unpaired) electrons. The van der Waals surface area contributed by atoms with Gasteiger partial charge in [0.05, 0.1) is 0 Å². The molecule has 6 heteroatoms. The number of fused-ring (bicyclic) bond motifs is 1. The van der Waals surface area contributed by atoms with Gasteiger partial charge in [0, 0.05) is 25.7 Å². The molecule has 1 atom stereocenters. The molecule has 0 N–H and O–H groups in total. The van der Waals surface area contributed by atoms with Crippen LogP contribution in [0.5, 0.6) is 0 Å². The second-order valence-electron chi connectivity index (χ2n) is 6.32. The molecule has 0 aromatic carbocycles. The van der Waals surface area contributed by atoms with Crippen molar-refractivity contribution in [1.29, 1.82) is 0 Å². The lowest BCUT2D eigenvalue weighted by atomic mass is 9.94. The Bertz CT molecular complexity index is 748. The van der Waals surface area contributed by atoms with Gasteiger partial charge >= 0.3 is 0 Å². The van der Waals surface area contributed by atoms with Crippen molar-refractivity contribution in [2.45, 2.75) is 33.1 Å². The number of allylic oxidation sites excluding steroid dienone is 1. The van der Waals surface area contributed by atoms with E-state index in [1.54, 1.807) is 18.7 Å². The number of nitrogens with zero attached hydrogens (tertiary/aromatic N) is 4. The van der Waals surface area contributed by atoms with Crippen LogP contribution in [-0.2, 0) is 11.2 Å². The van der Waals surface area contributed by atoms with Crippen molar-refractivity contribution in [3.8, 4) is 0 Å². The van der Waals surface area contributed by atoms with Gasteiger partial charge in [-0.05, 0) is 50.3 Å². The Morgan fingerprint density at radius 1 is 1.35 bits per heavy atom. The lowest BCUT2D eigenvalue weighted by molar-refractivity contribution is -0.130. The van der Waals surface area contributed by atoms with Crippen LogP contribution in [0.25, 0.3) is 5.65 Å². The summed E-state index contributed by atoms with van der Waals surface area (Å²) in [5.41, 5.74) is 1.25. The first-order valence-corrected chi connectivity index (χ1v) is 7.97. The topological polar surface area (TPSA) is 50.5 Å². The van der Waals surface area contributed by atoms with Gasteiger partial charge in [-0.25, -0.2) is 4.39 Å². The standard InChI is InChI=1S/C17H21FN4O/c1-12(2)16(18)17(23)21-8-5-6-13(11-21)10-15-20-19-14-7-3-4-9-22(14)15/h3-4,7,9,13H,5-6,8,10-11H2,1-2H3. The predicted molar refractivity (Wildman–Crippen MR) is 85.5 cm³/mol. The van der Waals surface area contributed by atoms with Crippen molar-refractivity contribution in [3.05, 3.63) is 41.6 Å². The van der Waals surface area contributed by atoms with E-state index in [1.165, 1.54) is 0 Å². The Kier molecular flexibility index (Phi) is 4.41. The largest absolute Gasteiger partial charge is 0.336 e. The molecule has 1 aliphatic rings. The van der Waals surface area contributed by atoms with Gasteiger partial charge in [-0.1, -0.05) is 6.07 Å². The van der Waals surface area contributed by atoms with Gasteiger partial charge in [-0.3, -0.25) is 9.20 Å². The van der Waals surface area contributed by atoms with E-state index in [0.29, 0.717) is 18.7 Å². The summed E-state index contributed by atoms with van der Waals surface area (Å²) >= 11 is 0. The summed E-state index contributed by atoms with van der Waals surface area (Å²) in [4.78, 5) is 13.8. The number of carbonyl (C=O) groups is 1. The second kappa shape index (κ2) is 6.48. The third-order valence-electron chi connectivity index (χ3n) is 4.29. The van der Waals surface area contributed by atoms with E-state index in [4.69, 9.17) is 0 Å². The monoisotopic (exact) mass is 316 g/mol. The van der Waals surface area contributed by atoms with Crippen molar-refractivity contribution in [3.63, 3.8) is 0 Å². The maximum absolute atomic E-state index is 13.9. The molecule has 0 aliphatic carbocycles. The normalized spacial score (nSPS) is 18.2. The van der Waals surface area contributed by atoms with Crippen LogP contribution < -0.4 is 0 Å². The summed E-state index contributed by atoms with van der Waals surface area (Å²) in [7, 11) is 0. The van der Waals surface area contributed by atoms with Gasteiger partial charge in [0.25, 0.3) is 5.91 Å². The third kappa shape index (κ3) is 3.25. The highest BCUT2D eigenvalue weighted by molar-refractivity contribution is 5.91. The highest BCUT2D eigenvalue weighted by Gasteiger charge is 2.27. The second-order valence-corrected chi connectivity index (χ2v) is 6.32. The number of piperidine rings is 1. The molecule has 3 rings (SSSR count). The minimum atomic E-state index is -0.626. The number of likely N-dealkylation sites (tertiary alicyclic amines) is 1. The molecule has 1 saturated heterocycles. The molecule has 3 heterocycles. The van der Waals surface area contributed by atoms with Gasteiger partial charge in [0.15, 0.2) is 11.5 Å². The fraction of sp³-hybridized carbons (Fsp3) is 0.471. The van der Waals surface area contributed by atoms with Crippen LogP contribution in [-0.4, -0.2) is 38.5 Å². The van der Waals surface area contributed by atoms with Crippen molar-refractivity contribution in [2.24, 2.45) is 5.92 Å². The number of pyridine rings is 1. The summed E-state index contributed by atoms with van der Waals surface area (Å²) in [6.07, 6.45) is 4.59. The van der Waals surface area contributed by atoms with Crippen LogP contribution in [0.1, 0.15) is 32.5 Å². The van der Waals surface area contributed by atoms with E-state index in [9.17, 15) is 9.18 Å². The average Bonchev–Trinajstić information content (AvgIpc) is 2.97. The van der Waals surface area contributed by atoms with E-state index in [2.05, 4.69) is 10.2 Å². The van der Waals surface area contributed by atoms with Crippen LogP contribution in [0.2, 0.25) is 0 Å². The Labute approximate surface area is 134 Å². The zero-order valence-electron chi connectivity index (χ0n) is 13.5. The van der Waals surface area contributed by atoms with Crippen molar-refractivity contribution in [1.82, 2.24) is 19.5 Å². The molecule has 1 aliphatic heterocycles. The van der Waals surface area contributed by atoms with Crippen LogP contribution in [0.4, 0.5) is 4.39 Å². The van der Waals surface area contributed by atoms with E-state index < -0.39 is 11.7 Å². The zero-order chi connectivity index (χ0) is 16.4. The van der Waals surface area contributed by atoms with E-state index in [1.807, 2.05) is 28.8 Å². The smallest absolute Gasteiger partial charge is 0.282 e. The molecule has 23 heavy (non-hydrogen) atoms. The van der Waals surface area contributed by atoms with Crippen LogP contribution in [0.3, 0.4) is 0 Å². The van der Waals surface area contributed by atoms with E-state index in [0.717, 1.165) is 30.7 Å². The molecule has 0 bridgehead atoms. The fourth-order valence-corrected chi connectivity index (χ4v) is 3.06. The molecule has 1 unspecified atom stereocenters. The lowest BCUT2D eigenvalue weighted by Crippen LogP contribution is -2.41. The number of amides is 1. The molecular formula is C17H21FN4O. The molecule has 1 fully saturated rings. The quantitative estimate of drug-likeness (QED) is 0.818. The maximum atomic E-state index is 13.9. The third-order valence-corrected chi connectivity index (χ3v) is 4.29. The lowest BCUT2D eigenvalue weighted by Gasteiger charge is -2.32. The summed E-state index contributed by atoms with van der Waals surface area (Å²) < 4.78 is 15.8. The first kappa shape index (κ1) is 15.6. The summed E-state index contributed by atoms with van der Waals surface area (Å²) in [5, 5.41) is 8.40. The van der Waals surface area contributed by atoms with Gasteiger partial charge < -0.3 is 4.90 Å². The van der Waals surface area contributed by atoms with Gasteiger partial charge in [0.1, 0.15) is 5.82 Å². The van der Waals surface area contributed by atoms with Crippen LogP contribution in [0.15, 0.2) is 35.8 Å². The molecule has 0 saturated carbocycles. The molecule has 0 spiro atoms. The summed E-state index contributed by atoms with van der Waals surface area (Å²) in [6.45, 7) is 4.44. The fourth-order valence-electron chi connectivity index (χ4n) is 3.06. The summed E-state index contributed by atoms with van der Waals surface area (Å²) in [6, 6.07) is 5.79. The molecular weight excluding hydrogens is 295 g/mol. The minimum Gasteiger partial charge on any atom is -0.336 e. The number of rotatable bonds is 3. The van der Waals surface area contributed by atoms with Gasteiger partial charge in [0.2, 0.25) is 0 Å². The van der Waals surface area contributed by atoms with Crippen LogP contribution >= 0.6 is 0 Å². The van der Waals surface area contributed by atoms with Gasteiger partial charge in [-0.2, -0.15) is 0 Å². The average molecular weight is 316 g/mol. The zero-order valence-corrected chi connectivity index (χ0v) is 13.5. The molecule has 2 aromatic heterocycles. The van der Waals surface area contributed by atoms with Crippen molar-refractivity contribution >= 4 is 11.6 Å². The Morgan fingerprint density at radius 2 is 2.17 bits per heavy atom. The van der Waals surface area contributed by atoms with E-state index in [-0.39, 0.29) is 5.92 Å². The minimum absolute atomic E-state index is 0.283. The Hall–Kier alpha value is -2.24. The molecule has 1 amide bonds. The predicted octanol–water partition coefficient (Wildman–Crippen LogP) is 2.77. The molecule has 122 valence electrons. The molecule has 5 nitrogen and oxygen atoms in total. The van der Waals surface area contributed by atoms with Crippen LogP contribution in [0, 0.1) is 5.92 Å². The number of carbonyl (C=O) groups excluding carboxylic acids is 1. The Morgan fingerprint density at radius 3 is 2.96 bits per heavy atom. The Balaban J connectivity index is 1.72. The molecule has 2 aromatic rings. The number of halogens is 1. The number of hydrogen-bond donors (Lipinski definition) is 0. The first-order valence-electron chi connectivity index (χ1n) is 7.97.